The van der Waals surface area contributed by atoms with Crippen molar-refractivity contribution in [2.75, 3.05) is 4.72 Å². The van der Waals surface area contributed by atoms with Gasteiger partial charge in [-0.15, -0.1) is 11.3 Å². The first kappa shape index (κ1) is 17.2. The van der Waals surface area contributed by atoms with Crippen LogP contribution in [-0.4, -0.2) is 29.6 Å². The second-order valence-corrected chi connectivity index (χ2v) is 7.83. The molecule has 0 radical (unpaired) electrons. The number of aromatic nitrogens is 1. The smallest absolute Gasteiger partial charge is 0.339 e. The largest absolute Gasteiger partial charge is 0.506 e. The summed E-state index contributed by atoms with van der Waals surface area (Å²) < 4.78 is 27.4. The molecule has 1 aromatic heterocycles. The van der Waals surface area contributed by atoms with Crippen LogP contribution in [0.2, 0.25) is 0 Å². The molecule has 0 fully saturated rings. The molecule has 7 nitrogen and oxygen atoms in total. The minimum absolute atomic E-state index is 0.0703. The number of carboxylic acids is 1. The van der Waals surface area contributed by atoms with Crippen molar-refractivity contribution in [1.29, 1.82) is 0 Å². The van der Waals surface area contributed by atoms with Gasteiger partial charge in [-0.05, 0) is 30.5 Å². The van der Waals surface area contributed by atoms with Crippen LogP contribution in [0.1, 0.15) is 40.6 Å². The Balaban J connectivity index is 2.52. The van der Waals surface area contributed by atoms with Gasteiger partial charge in [0, 0.05) is 0 Å². The quantitative estimate of drug-likeness (QED) is 0.758. The van der Waals surface area contributed by atoms with Crippen LogP contribution in [0.25, 0.3) is 0 Å². The molecular weight excluding hydrogens is 340 g/mol. The third-order valence-electron chi connectivity index (χ3n) is 3.09. The lowest BCUT2D eigenvalue weighted by molar-refractivity contribution is 0.0693. The number of nitrogens with zero attached hydrogens (tertiary/aromatic N) is 1. The molecule has 2 aromatic rings. The van der Waals surface area contributed by atoms with Gasteiger partial charge in [0.1, 0.15) is 10.5 Å². The molecule has 0 unspecified atom stereocenters. The number of carbonyl (C=O) groups is 1. The summed E-state index contributed by atoms with van der Waals surface area (Å²) in [5, 5.41) is 19.1. The molecule has 1 aromatic carbocycles. The van der Waals surface area contributed by atoms with E-state index < -0.39 is 32.2 Å². The minimum atomic E-state index is -4.17. The highest BCUT2D eigenvalue weighted by Crippen LogP contribution is 2.33. The molecule has 23 heavy (non-hydrogen) atoms. The minimum Gasteiger partial charge on any atom is -0.506 e. The van der Waals surface area contributed by atoms with Crippen molar-refractivity contribution < 1.29 is 23.4 Å². The highest BCUT2D eigenvalue weighted by Gasteiger charge is 2.26. The highest BCUT2D eigenvalue weighted by molar-refractivity contribution is 7.92. The summed E-state index contributed by atoms with van der Waals surface area (Å²) in [4.78, 5) is 15.4. The Hall–Kier alpha value is -2.13. The fourth-order valence-corrected chi connectivity index (χ4v) is 4.09. The normalized spacial score (nSPS) is 11.7. The molecule has 0 saturated carbocycles. The standard InChI is InChI=1S/C14H16N2O5S2/c1-7(2)12-13(15-6-22-12)16-23(20,21)10-5-8(3)4-9(11(10)17)14(18)19/h4-7,16-17H,1-3H3,(H,18,19). The van der Waals surface area contributed by atoms with Gasteiger partial charge >= 0.3 is 5.97 Å². The third-order valence-corrected chi connectivity index (χ3v) is 5.57. The van der Waals surface area contributed by atoms with E-state index in [1.165, 1.54) is 29.0 Å². The van der Waals surface area contributed by atoms with Crippen molar-refractivity contribution in [2.24, 2.45) is 0 Å². The number of aromatic carboxylic acids is 1. The van der Waals surface area contributed by atoms with Crippen molar-refractivity contribution >= 4 is 33.1 Å². The van der Waals surface area contributed by atoms with Crippen LogP contribution >= 0.6 is 11.3 Å². The highest BCUT2D eigenvalue weighted by atomic mass is 32.2. The van der Waals surface area contributed by atoms with Crippen LogP contribution in [0, 0.1) is 6.92 Å². The molecule has 2 rings (SSSR count). The zero-order valence-corrected chi connectivity index (χ0v) is 14.3. The third kappa shape index (κ3) is 3.45. The summed E-state index contributed by atoms with van der Waals surface area (Å²) >= 11 is 1.31. The van der Waals surface area contributed by atoms with Gasteiger partial charge in [0.05, 0.1) is 10.4 Å². The number of phenols is 1. The molecule has 124 valence electrons. The lowest BCUT2D eigenvalue weighted by Gasteiger charge is -2.12. The SMILES string of the molecule is Cc1cc(C(=O)O)c(O)c(S(=O)(=O)Nc2ncsc2C(C)C)c1. The predicted octanol–water partition coefficient (Wildman–Crippen LogP) is 2.78. The maximum atomic E-state index is 12.5. The monoisotopic (exact) mass is 356 g/mol. The van der Waals surface area contributed by atoms with E-state index in [1.54, 1.807) is 6.92 Å². The van der Waals surface area contributed by atoms with Gasteiger partial charge in [0.25, 0.3) is 10.0 Å². The van der Waals surface area contributed by atoms with Gasteiger partial charge in [-0.2, -0.15) is 0 Å². The van der Waals surface area contributed by atoms with E-state index in [-0.39, 0.29) is 11.7 Å². The van der Waals surface area contributed by atoms with E-state index >= 15 is 0 Å². The summed E-state index contributed by atoms with van der Waals surface area (Å²) in [6.07, 6.45) is 0. The molecule has 0 amide bonds. The van der Waals surface area contributed by atoms with Gasteiger partial charge in [-0.25, -0.2) is 18.2 Å². The Labute approximate surface area is 137 Å². The van der Waals surface area contributed by atoms with Crippen LogP contribution in [0.4, 0.5) is 5.82 Å². The van der Waals surface area contributed by atoms with Gasteiger partial charge in [0.2, 0.25) is 0 Å². The van der Waals surface area contributed by atoms with E-state index in [0.29, 0.717) is 5.56 Å². The molecule has 0 aliphatic heterocycles. The van der Waals surface area contributed by atoms with Gasteiger partial charge in [-0.3, -0.25) is 4.72 Å². The Morgan fingerprint density at radius 1 is 1.35 bits per heavy atom. The van der Waals surface area contributed by atoms with Gasteiger partial charge < -0.3 is 10.2 Å². The van der Waals surface area contributed by atoms with Crippen molar-refractivity contribution in [3.63, 3.8) is 0 Å². The van der Waals surface area contributed by atoms with Crippen LogP contribution in [0.15, 0.2) is 22.5 Å². The average molecular weight is 356 g/mol. The molecule has 0 spiro atoms. The van der Waals surface area contributed by atoms with Crippen LogP contribution < -0.4 is 4.72 Å². The first-order valence-corrected chi connectivity index (χ1v) is 9.03. The van der Waals surface area contributed by atoms with E-state index in [1.807, 2.05) is 13.8 Å². The molecular formula is C14H16N2O5S2. The summed E-state index contributed by atoms with van der Waals surface area (Å²) in [6.45, 7) is 5.35. The number of hydrogen-bond donors (Lipinski definition) is 3. The number of thiazole rings is 1. The van der Waals surface area contributed by atoms with E-state index in [0.717, 1.165) is 4.88 Å². The maximum absolute atomic E-state index is 12.5. The van der Waals surface area contributed by atoms with Crippen LogP contribution in [0.3, 0.4) is 0 Å². The zero-order chi connectivity index (χ0) is 17.4. The summed E-state index contributed by atoms with van der Waals surface area (Å²) in [7, 11) is -4.17. The second-order valence-electron chi connectivity index (χ2n) is 5.29. The maximum Gasteiger partial charge on any atom is 0.339 e. The number of hydrogen-bond acceptors (Lipinski definition) is 6. The molecule has 0 aliphatic rings. The Bertz CT molecular complexity index is 856. The van der Waals surface area contributed by atoms with E-state index in [2.05, 4.69) is 9.71 Å². The van der Waals surface area contributed by atoms with Gasteiger partial charge in [-0.1, -0.05) is 13.8 Å². The fraction of sp³-hybridized carbons (Fsp3) is 0.286. The first-order chi connectivity index (χ1) is 10.6. The number of aromatic hydroxyl groups is 1. The van der Waals surface area contributed by atoms with Crippen LogP contribution in [0.5, 0.6) is 5.75 Å². The summed E-state index contributed by atoms with van der Waals surface area (Å²) in [5.41, 5.74) is 1.46. The number of rotatable bonds is 5. The Morgan fingerprint density at radius 3 is 2.57 bits per heavy atom. The lowest BCUT2D eigenvalue weighted by Crippen LogP contribution is -2.16. The number of anilines is 1. The first-order valence-electron chi connectivity index (χ1n) is 6.66. The number of aryl methyl sites for hydroxylation is 1. The Morgan fingerprint density at radius 2 is 2.00 bits per heavy atom. The van der Waals surface area contributed by atoms with Gasteiger partial charge in [0.15, 0.2) is 11.6 Å². The molecule has 0 aliphatic carbocycles. The second kappa shape index (κ2) is 6.17. The fourth-order valence-electron chi connectivity index (χ4n) is 2.04. The van der Waals surface area contributed by atoms with Crippen molar-refractivity contribution in [1.82, 2.24) is 4.98 Å². The predicted molar refractivity (Wildman–Crippen MR) is 86.8 cm³/mol. The van der Waals surface area contributed by atoms with Crippen molar-refractivity contribution in [3.05, 3.63) is 33.6 Å². The molecule has 3 N–H and O–H groups in total. The van der Waals surface area contributed by atoms with Crippen LogP contribution in [-0.2, 0) is 10.0 Å². The topological polar surface area (TPSA) is 117 Å². The molecule has 0 atom stereocenters. The molecule has 9 heteroatoms. The van der Waals surface area contributed by atoms with E-state index in [9.17, 15) is 18.3 Å². The van der Waals surface area contributed by atoms with E-state index in [4.69, 9.17) is 5.11 Å². The number of benzene rings is 1. The average Bonchev–Trinajstić information content (AvgIpc) is 2.88. The molecule has 0 saturated heterocycles. The van der Waals surface area contributed by atoms with Crippen molar-refractivity contribution in [2.45, 2.75) is 31.6 Å². The summed E-state index contributed by atoms with van der Waals surface area (Å²) in [5.74, 6) is -1.94. The number of carboxylic acid groups (broad SMARTS) is 1. The summed E-state index contributed by atoms with van der Waals surface area (Å²) in [6, 6.07) is 2.42. The Kier molecular flexibility index (Phi) is 4.62. The lowest BCUT2D eigenvalue weighted by atomic mass is 10.1. The van der Waals surface area contributed by atoms with Crippen molar-refractivity contribution in [3.8, 4) is 5.75 Å². The number of nitrogens with one attached hydrogen (secondary N) is 1. The zero-order valence-electron chi connectivity index (χ0n) is 12.7. The number of sulfonamides is 1. The molecule has 0 bridgehead atoms. The molecule has 1 heterocycles.